The first-order valence-corrected chi connectivity index (χ1v) is 9.94. The molecule has 0 spiro atoms. The molecule has 1 aromatic rings. The molecule has 1 fully saturated rings. The fourth-order valence-electron chi connectivity index (χ4n) is 3.25. The molecule has 6 heteroatoms. The first-order valence-electron chi connectivity index (χ1n) is 8.50. The van der Waals surface area contributed by atoms with Gasteiger partial charge in [-0.05, 0) is 37.3 Å². The lowest BCUT2D eigenvalue weighted by molar-refractivity contribution is -0.122. The molecule has 1 N–H and O–H groups in total. The largest absolute Gasteiger partial charge is 0.352 e. The third-order valence-corrected chi connectivity index (χ3v) is 6.15. The van der Waals surface area contributed by atoms with E-state index in [1.54, 1.807) is 12.1 Å². The maximum absolute atomic E-state index is 13.0. The summed E-state index contributed by atoms with van der Waals surface area (Å²) in [7, 11) is -3.55. The van der Waals surface area contributed by atoms with E-state index in [1.807, 2.05) is 39.8 Å². The van der Waals surface area contributed by atoms with E-state index in [2.05, 4.69) is 5.32 Å². The average molecular weight is 353 g/mol. The van der Waals surface area contributed by atoms with Crippen LogP contribution in [0.15, 0.2) is 29.2 Å². The van der Waals surface area contributed by atoms with E-state index < -0.39 is 10.0 Å². The Bertz CT molecular complexity index is 681. The van der Waals surface area contributed by atoms with Gasteiger partial charge in [-0.15, -0.1) is 0 Å². The lowest BCUT2D eigenvalue weighted by Gasteiger charge is -2.42. The highest BCUT2D eigenvalue weighted by molar-refractivity contribution is 7.89. The van der Waals surface area contributed by atoms with Gasteiger partial charge in [0.25, 0.3) is 0 Å². The molecule has 1 aliphatic rings. The molecule has 2 rings (SSSR count). The van der Waals surface area contributed by atoms with E-state index in [9.17, 15) is 13.2 Å². The van der Waals surface area contributed by atoms with Gasteiger partial charge in [-0.1, -0.05) is 38.5 Å². The van der Waals surface area contributed by atoms with Crippen molar-refractivity contribution in [3.63, 3.8) is 0 Å². The van der Waals surface area contributed by atoms with Crippen molar-refractivity contribution in [1.82, 2.24) is 9.62 Å². The van der Waals surface area contributed by atoms with Gasteiger partial charge in [-0.2, -0.15) is 4.31 Å². The number of carbonyl (C=O) groups is 1. The Morgan fingerprint density at radius 1 is 1.29 bits per heavy atom. The van der Waals surface area contributed by atoms with Crippen molar-refractivity contribution >= 4 is 15.9 Å². The molecule has 1 amide bonds. The zero-order chi connectivity index (χ0) is 18.0. The van der Waals surface area contributed by atoms with Crippen molar-refractivity contribution < 1.29 is 13.2 Å². The maximum atomic E-state index is 13.0. The van der Waals surface area contributed by atoms with E-state index in [1.165, 1.54) is 4.31 Å². The summed E-state index contributed by atoms with van der Waals surface area (Å²) in [5.41, 5.74) is 0.845. The Morgan fingerprint density at radius 3 is 2.50 bits per heavy atom. The second-order valence-corrected chi connectivity index (χ2v) is 9.43. The van der Waals surface area contributed by atoms with Crippen molar-refractivity contribution in [1.29, 1.82) is 0 Å². The van der Waals surface area contributed by atoms with Gasteiger partial charge < -0.3 is 5.32 Å². The van der Waals surface area contributed by atoms with Crippen molar-refractivity contribution in [3.8, 4) is 0 Å². The lowest BCUT2D eigenvalue weighted by Crippen LogP contribution is -2.55. The molecule has 0 saturated carbocycles. The molecule has 0 radical (unpaired) electrons. The smallest absolute Gasteiger partial charge is 0.243 e. The van der Waals surface area contributed by atoms with Crippen LogP contribution < -0.4 is 5.32 Å². The Morgan fingerprint density at radius 2 is 1.92 bits per heavy atom. The van der Waals surface area contributed by atoms with Gasteiger partial charge in [0, 0.05) is 25.6 Å². The number of piperidine rings is 1. The van der Waals surface area contributed by atoms with Crippen LogP contribution in [0.2, 0.25) is 0 Å². The molecule has 1 heterocycles. The van der Waals surface area contributed by atoms with Crippen molar-refractivity contribution in [2.24, 2.45) is 5.41 Å². The second kappa shape index (κ2) is 7.23. The predicted octanol–water partition coefficient (Wildman–Crippen LogP) is 2.70. The number of nitrogens with zero attached hydrogens (tertiary/aromatic N) is 1. The second-order valence-electron chi connectivity index (χ2n) is 7.49. The molecular formula is C18H28N2O3S. The van der Waals surface area contributed by atoms with Crippen LogP contribution in [-0.4, -0.2) is 37.8 Å². The highest BCUT2D eigenvalue weighted by Crippen LogP contribution is 2.32. The SMILES string of the molecule is CCCC(=O)NC1CN(S(=O)(=O)c2ccc(C)cc2)CC(C)(C)C1. The Hall–Kier alpha value is -1.40. The summed E-state index contributed by atoms with van der Waals surface area (Å²) in [6.45, 7) is 8.77. The van der Waals surface area contributed by atoms with Crippen LogP contribution in [0.4, 0.5) is 0 Å². The van der Waals surface area contributed by atoms with Gasteiger partial charge in [0.2, 0.25) is 15.9 Å². The van der Waals surface area contributed by atoms with Crippen LogP contribution in [-0.2, 0) is 14.8 Å². The molecule has 1 aromatic carbocycles. The molecular weight excluding hydrogens is 324 g/mol. The van der Waals surface area contributed by atoms with Gasteiger partial charge in [0.15, 0.2) is 0 Å². The standard InChI is InChI=1S/C18H28N2O3S/c1-5-6-17(21)19-15-11-18(3,4)13-20(12-15)24(22,23)16-9-7-14(2)8-10-16/h7-10,15H,5-6,11-13H2,1-4H3,(H,19,21). The van der Waals surface area contributed by atoms with Gasteiger partial charge in [-0.25, -0.2) is 8.42 Å². The number of sulfonamides is 1. The summed E-state index contributed by atoms with van der Waals surface area (Å²) in [4.78, 5) is 12.2. The van der Waals surface area contributed by atoms with E-state index in [0.717, 1.165) is 18.4 Å². The molecule has 134 valence electrons. The van der Waals surface area contributed by atoms with E-state index >= 15 is 0 Å². The quantitative estimate of drug-likeness (QED) is 0.886. The molecule has 0 bridgehead atoms. The minimum Gasteiger partial charge on any atom is -0.352 e. The van der Waals surface area contributed by atoms with Crippen molar-refractivity contribution in [3.05, 3.63) is 29.8 Å². The zero-order valence-electron chi connectivity index (χ0n) is 15.0. The summed E-state index contributed by atoms with van der Waals surface area (Å²) in [6, 6.07) is 6.77. The van der Waals surface area contributed by atoms with Gasteiger partial charge >= 0.3 is 0 Å². The van der Waals surface area contributed by atoms with Crippen LogP contribution in [0, 0.1) is 12.3 Å². The number of nitrogens with one attached hydrogen (secondary N) is 1. The molecule has 1 saturated heterocycles. The number of hydrogen-bond donors (Lipinski definition) is 1. The van der Waals surface area contributed by atoms with Crippen LogP contribution in [0.5, 0.6) is 0 Å². The summed E-state index contributed by atoms with van der Waals surface area (Å²) in [6.07, 6.45) is 2.04. The molecule has 24 heavy (non-hydrogen) atoms. The summed E-state index contributed by atoms with van der Waals surface area (Å²) < 4.78 is 27.4. The topological polar surface area (TPSA) is 66.5 Å². The fourth-order valence-corrected chi connectivity index (χ4v) is 4.92. The van der Waals surface area contributed by atoms with Gasteiger partial charge in [0.05, 0.1) is 4.90 Å². The number of amides is 1. The van der Waals surface area contributed by atoms with Crippen LogP contribution in [0.25, 0.3) is 0 Å². The average Bonchev–Trinajstić information content (AvgIpc) is 2.46. The Labute approximate surface area is 145 Å². The van der Waals surface area contributed by atoms with Gasteiger partial charge in [-0.3, -0.25) is 4.79 Å². The molecule has 5 nitrogen and oxygen atoms in total. The maximum Gasteiger partial charge on any atom is 0.243 e. The normalized spacial score (nSPS) is 21.4. The minimum absolute atomic E-state index is 0.00659. The third kappa shape index (κ3) is 4.57. The van der Waals surface area contributed by atoms with E-state index in [0.29, 0.717) is 24.4 Å². The number of hydrogen-bond acceptors (Lipinski definition) is 3. The summed E-state index contributed by atoms with van der Waals surface area (Å²) >= 11 is 0. The fraction of sp³-hybridized carbons (Fsp3) is 0.611. The number of carbonyl (C=O) groups excluding carboxylic acids is 1. The first-order chi connectivity index (χ1) is 11.1. The van der Waals surface area contributed by atoms with E-state index in [-0.39, 0.29) is 17.4 Å². The lowest BCUT2D eigenvalue weighted by atomic mass is 9.82. The molecule has 1 aliphatic heterocycles. The summed E-state index contributed by atoms with van der Waals surface area (Å²) in [5.74, 6) is -0.00659. The highest BCUT2D eigenvalue weighted by atomic mass is 32.2. The summed E-state index contributed by atoms with van der Waals surface area (Å²) in [5, 5.41) is 2.99. The van der Waals surface area contributed by atoms with Crippen molar-refractivity contribution in [2.75, 3.05) is 13.1 Å². The predicted molar refractivity (Wildman–Crippen MR) is 95.2 cm³/mol. The highest BCUT2D eigenvalue weighted by Gasteiger charge is 2.39. The monoisotopic (exact) mass is 352 g/mol. The third-order valence-electron chi connectivity index (χ3n) is 4.33. The Kier molecular flexibility index (Phi) is 5.71. The van der Waals surface area contributed by atoms with Crippen LogP contribution >= 0.6 is 0 Å². The molecule has 0 aromatic heterocycles. The van der Waals surface area contributed by atoms with Crippen LogP contribution in [0.1, 0.15) is 45.6 Å². The number of aryl methyl sites for hydroxylation is 1. The minimum atomic E-state index is -3.55. The zero-order valence-corrected chi connectivity index (χ0v) is 15.8. The number of benzene rings is 1. The van der Waals surface area contributed by atoms with Gasteiger partial charge in [0.1, 0.15) is 0 Å². The molecule has 0 aliphatic carbocycles. The van der Waals surface area contributed by atoms with Crippen molar-refractivity contribution in [2.45, 2.75) is 57.9 Å². The first kappa shape index (κ1) is 18.9. The molecule has 1 unspecified atom stereocenters. The van der Waals surface area contributed by atoms with E-state index in [4.69, 9.17) is 0 Å². The Balaban J connectivity index is 2.21. The number of rotatable bonds is 5. The van der Waals surface area contributed by atoms with Crippen LogP contribution in [0.3, 0.4) is 0 Å². The molecule has 1 atom stereocenters.